The van der Waals surface area contributed by atoms with Gasteiger partial charge in [0.25, 0.3) is 0 Å². The zero-order chi connectivity index (χ0) is 12.3. The van der Waals surface area contributed by atoms with Gasteiger partial charge in [0.1, 0.15) is 10.8 Å². The van der Waals surface area contributed by atoms with Crippen molar-refractivity contribution in [3.05, 3.63) is 52.0 Å². The minimum atomic E-state index is -0.395. The lowest BCUT2D eigenvalue weighted by atomic mass is 10.2. The molecule has 0 unspecified atom stereocenters. The summed E-state index contributed by atoms with van der Waals surface area (Å²) in [5.74, 6) is -0.395. The number of nitrogens with two attached hydrogens (primary N) is 1. The topological polar surface area (TPSA) is 38.0 Å². The Labute approximate surface area is 108 Å². The summed E-state index contributed by atoms with van der Waals surface area (Å²) in [6.45, 7) is 0.684. The third-order valence-corrected chi connectivity index (χ3v) is 3.38. The van der Waals surface area contributed by atoms with Crippen LogP contribution in [0.3, 0.4) is 0 Å². The Hall–Kier alpha value is -1.46. The maximum absolute atomic E-state index is 13.6. The quantitative estimate of drug-likeness (QED) is 0.835. The summed E-state index contributed by atoms with van der Waals surface area (Å²) in [6, 6.07) is 8.78. The van der Waals surface area contributed by atoms with Crippen LogP contribution in [-0.2, 0) is 6.54 Å². The van der Waals surface area contributed by atoms with Crippen molar-refractivity contribution in [2.75, 3.05) is 5.32 Å². The molecular weight excluding hydrogens is 255 g/mol. The minimum Gasteiger partial charge on any atom is -0.389 e. The van der Waals surface area contributed by atoms with Crippen LogP contribution in [0.25, 0.3) is 0 Å². The standard InChI is InChI=1S/C12H11FN2S2/c13-11-6-8(3-4-10(11)12(14)16)15-7-9-2-1-5-17-9/h1-6,15H,7H2,(H2,14,16). The predicted molar refractivity (Wildman–Crippen MR) is 73.9 cm³/mol. The first-order chi connectivity index (χ1) is 8.16. The van der Waals surface area contributed by atoms with E-state index in [1.807, 2.05) is 17.5 Å². The highest BCUT2D eigenvalue weighted by molar-refractivity contribution is 7.80. The molecule has 1 aromatic carbocycles. The van der Waals surface area contributed by atoms with E-state index in [9.17, 15) is 4.39 Å². The number of benzene rings is 1. The molecule has 2 aromatic rings. The van der Waals surface area contributed by atoms with Gasteiger partial charge in [0.05, 0.1) is 0 Å². The van der Waals surface area contributed by atoms with E-state index < -0.39 is 5.82 Å². The highest BCUT2D eigenvalue weighted by Crippen LogP contribution is 2.16. The number of halogens is 1. The zero-order valence-corrected chi connectivity index (χ0v) is 10.6. The molecule has 1 heterocycles. The van der Waals surface area contributed by atoms with Crippen molar-refractivity contribution in [3.8, 4) is 0 Å². The normalized spacial score (nSPS) is 10.2. The molecule has 0 spiro atoms. The summed E-state index contributed by atoms with van der Waals surface area (Å²) in [6.07, 6.45) is 0. The summed E-state index contributed by atoms with van der Waals surface area (Å²) < 4.78 is 13.6. The van der Waals surface area contributed by atoms with Crippen LogP contribution >= 0.6 is 23.6 Å². The van der Waals surface area contributed by atoms with Gasteiger partial charge in [-0.15, -0.1) is 11.3 Å². The molecule has 2 rings (SSSR count). The van der Waals surface area contributed by atoms with Crippen LogP contribution < -0.4 is 11.1 Å². The van der Waals surface area contributed by atoms with Crippen molar-refractivity contribution >= 4 is 34.2 Å². The van der Waals surface area contributed by atoms with Crippen molar-refractivity contribution in [1.82, 2.24) is 0 Å². The zero-order valence-electron chi connectivity index (χ0n) is 8.94. The van der Waals surface area contributed by atoms with E-state index in [4.69, 9.17) is 18.0 Å². The molecule has 0 amide bonds. The summed E-state index contributed by atoms with van der Waals surface area (Å²) in [5.41, 5.74) is 6.39. The van der Waals surface area contributed by atoms with E-state index in [0.29, 0.717) is 6.54 Å². The molecule has 5 heteroatoms. The van der Waals surface area contributed by atoms with Crippen LogP contribution in [0.15, 0.2) is 35.7 Å². The molecular formula is C12H11FN2S2. The Bertz CT molecular complexity index is 523. The predicted octanol–water partition coefficient (Wildman–Crippen LogP) is 3.13. The molecule has 0 atom stereocenters. The molecule has 0 bridgehead atoms. The summed E-state index contributed by atoms with van der Waals surface area (Å²) in [4.78, 5) is 1.27. The van der Waals surface area contributed by atoms with E-state index >= 15 is 0 Å². The summed E-state index contributed by atoms with van der Waals surface area (Å²) >= 11 is 6.40. The van der Waals surface area contributed by atoms with Gasteiger partial charge in [-0.3, -0.25) is 0 Å². The van der Waals surface area contributed by atoms with Gasteiger partial charge in [0, 0.05) is 22.7 Å². The van der Waals surface area contributed by atoms with Gasteiger partial charge in [0.2, 0.25) is 0 Å². The fraction of sp³-hybridized carbons (Fsp3) is 0.0833. The second-order valence-corrected chi connectivity index (χ2v) is 4.96. The van der Waals surface area contributed by atoms with Gasteiger partial charge < -0.3 is 11.1 Å². The molecule has 1 aromatic heterocycles. The number of nitrogens with one attached hydrogen (secondary N) is 1. The Morgan fingerprint density at radius 2 is 2.24 bits per heavy atom. The average molecular weight is 266 g/mol. The second kappa shape index (κ2) is 5.25. The smallest absolute Gasteiger partial charge is 0.135 e. The fourth-order valence-electron chi connectivity index (χ4n) is 1.43. The molecule has 0 radical (unpaired) electrons. The Morgan fingerprint density at radius 1 is 1.41 bits per heavy atom. The number of hydrogen-bond acceptors (Lipinski definition) is 3. The Kier molecular flexibility index (Phi) is 3.71. The van der Waals surface area contributed by atoms with Crippen molar-refractivity contribution in [3.63, 3.8) is 0 Å². The average Bonchev–Trinajstić information content (AvgIpc) is 2.78. The number of hydrogen-bond donors (Lipinski definition) is 2. The molecule has 0 aliphatic carbocycles. The van der Waals surface area contributed by atoms with Crippen molar-refractivity contribution < 1.29 is 4.39 Å². The van der Waals surface area contributed by atoms with Gasteiger partial charge in [-0.05, 0) is 29.6 Å². The monoisotopic (exact) mass is 266 g/mol. The van der Waals surface area contributed by atoms with Gasteiger partial charge in [-0.25, -0.2) is 4.39 Å². The lowest BCUT2D eigenvalue weighted by Gasteiger charge is -2.07. The first-order valence-corrected chi connectivity index (χ1v) is 6.31. The lowest BCUT2D eigenvalue weighted by molar-refractivity contribution is 0.626. The van der Waals surface area contributed by atoms with Gasteiger partial charge >= 0.3 is 0 Å². The maximum Gasteiger partial charge on any atom is 0.135 e. The Morgan fingerprint density at radius 3 is 2.82 bits per heavy atom. The van der Waals surface area contributed by atoms with E-state index in [1.54, 1.807) is 23.5 Å². The van der Waals surface area contributed by atoms with E-state index in [0.717, 1.165) is 5.69 Å². The van der Waals surface area contributed by atoms with Crippen molar-refractivity contribution in [2.24, 2.45) is 5.73 Å². The van der Waals surface area contributed by atoms with Crippen LogP contribution in [0.2, 0.25) is 0 Å². The molecule has 0 fully saturated rings. The molecule has 17 heavy (non-hydrogen) atoms. The number of thiophene rings is 1. The third kappa shape index (κ3) is 3.01. The van der Waals surface area contributed by atoms with Crippen LogP contribution in [-0.4, -0.2) is 4.99 Å². The summed E-state index contributed by atoms with van der Waals surface area (Å²) in [5, 5.41) is 5.15. The molecule has 0 aliphatic heterocycles. The van der Waals surface area contributed by atoms with Crippen molar-refractivity contribution in [1.29, 1.82) is 0 Å². The van der Waals surface area contributed by atoms with E-state index in [1.165, 1.54) is 10.9 Å². The largest absolute Gasteiger partial charge is 0.389 e. The van der Waals surface area contributed by atoms with Gasteiger partial charge in [-0.2, -0.15) is 0 Å². The van der Waals surface area contributed by atoms with Crippen LogP contribution in [0, 0.1) is 5.82 Å². The highest BCUT2D eigenvalue weighted by atomic mass is 32.1. The van der Waals surface area contributed by atoms with E-state index in [-0.39, 0.29) is 10.6 Å². The molecule has 0 saturated heterocycles. The third-order valence-electron chi connectivity index (χ3n) is 2.28. The first kappa shape index (κ1) is 12.0. The van der Waals surface area contributed by atoms with E-state index in [2.05, 4.69) is 5.32 Å². The van der Waals surface area contributed by atoms with Gasteiger partial charge in [0.15, 0.2) is 0 Å². The van der Waals surface area contributed by atoms with Gasteiger partial charge in [-0.1, -0.05) is 18.3 Å². The minimum absolute atomic E-state index is 0.0762. The SMILES string of the molecule is NC(=S)c1ccc(NCc2cccs2)cc1F. The number of rotatable bonds is 4. The summed E-state index contributed by atoms with van der Waals surface area (Å²) in [7, 11) is 0. The van der Waals surface area contributed by atoms with Crippen LogP contribution in [0.1, 0.15) is 10.4 Å². The molecule has 0 saturated carbocycles. The lowest BCUT2D eigenvalue weighted by Crippen LogP contribution is -2.11. The molecule has 88 valence electrons. The molecule has 0 aliphatic rings. The first-order valence-electron chi connectivity index (χ1n) is 5.02. The molecule has 3 N–H and O–H groups in total. The van der Waals surface area contributed by atoms with Crippen molar-refractivity contribution in [2.45, 2.75) is 6.54 Å². The van der Waals surface area contributed by atoms with Crippen LogP contribution in [0.4, 0.5) is 10.1 Å². The van der Waals surface area contributed by atoms with Crippen LogP contribution in [0.5, 0.6) is 0 Å². The Balaban J connectivity index is 2.07. The fourth-order valence-corrected chi connectivity index (χ4v) is 2.24. The highest BCUT2D eigenvalue weighted by Gasteiger charge is 2.05. The maximum atomic E-state index is 13.6. The number of thiocarbonyl (C=S) groups is 1. The number of anilines is 1. The molecule has 2 nitrogen and oxygen atoms in total. The second-order valence-electron chi connectivity index (χ2n) is 3.49.